The molecule has 3 nitrogen and oxygen atoms in total. The van der Waals surface area contributed by atoms with Crippen molar-refractivity contribution in [2.45, 2.75) is 116 Å². The Labute approximate surface area is 157 Å². The summed E-state index contributed by atoms with van der Waals surface area (Å²) in [5, 5.41) is 0. The zero-order chi connectivity index (χ0) is 18.2. The Kier molecular flexibility index (Phi) is 13.9. The molecular weight excluding hydrogens is 306 g/mol. The average Bonchev–Trinajstić information content (AvgIpc) is 3.07. The topological polar surface area (TPSA) is 41.6 Å². The van der Waals surface area contributed by atoms with Gasteiger partial charge in [0.15, 0.2) is 0 Å². The van der Waals surface area contributed by atoms with Crippen molar-refractivity contribution in [2.75, 3.05) is 6.54 Å². The summed E-state index contributed by atoms with van der Waals surface area (Å²) in [6.45, 7) is 5.25. The van der Waals surface area contributed by atoms with E-state index < -0.39 is 0 Å². The first kappa shape index (κ1) is 22.4. The van der Waals surface area contributed by atoms with Crippen LogP contribution in [0.2, 0.25) is 0 Å². The van der Waals surface area contributed by atoms with Crippen LogP contribution in [0, 0.1) is 0 Å². The van der Waals surface area contributed by atoms with Crippen molar-refractivity contribution in [1.82, 2.24) is 4.90 Å². The minimum Gasteiger partial charge on any atom is -0.316 e. The monoisotopic (exact) mass is 349 g/mol. The molecule has 1 aliphatic rings. The largest absolute Gasteiger partial charge is 0.316 e. The quantitative estimate of drug-likeness (QED) is 0.272. The van der Waals surface area contributed by atoms with E-state index in [4.69, 9.17) is 5.73 Å². The highest BCUT2D eigenvalue weighted by Crippen LogP contribution is 2.17. The fraction of sp³-hybridized carbons (Fsp3) is 0.864. The maximum atomic E-state index is 5.99. The molecule has 0 aromatic heterocycles. The van der Waals surface area contributed by atoms with Crippen LogP contribution in [0.15, 0.2) is 17.1 Å². The molecule has 2 atom stereocenters. The van der Waals surface area contributed by atoms with Crippen LogP contribution in [0.25, 0.3) is 0 Å². The standard InChI is InChI=1S/C22H43N3/c1-3-4-5-6-7-8-9-10-11-12-13-14-15-16-17-18-22-24-19-20-25(22)21(2)23/h7-8,19,21-22H,3-6,9-18,20,23H2,1-2H3/b8-7+. The number of rotatable bonds is 16. The number of nitrogens with two attached hydrogens (primary N) is 1. The van der Waals surface area contributed by atoms with Crippen molar-refractivity contribution >= 4 is 6.21 Å². The molecule has 0 bridgehead atoms. The van der Waals surface area contributed by atoms with Gasteiger partial charge in [-0.15, -0.1) is 0 Å². The second-order valence-electron chi connectivity index (χ2n) is 7.62. The van der Waals surface area contributed by atoms with Gasteiger partial charge in [0.1, 0.15) is 6.17 Å². The molecule has 2 N–H and O–H groups in total. The molecule has 0 saturated heterocycles. The van der Waals surface area contributed by atoms with Crippen molar-refractivity contribution < 1.29 is 0 Å². The lowest BCUT2D eigenvalue weighted by Gasteiger charge is -2.26. The summed E-state index contributed by atoms with van der Waals surface area (Å²) in [6, 6.07) is 0. The fourth-order valence-corrected chi connectivity index (χ4v) is 3.55. The van der Waals surface area contributed by atoms with Gasteiger partial charge in [-0.3, -0.25) is 9.89 Å². The zero-order valence-corrected chi connectivity index (χ0v) is 17.0. The van der Waals surface area contributed by atoms with E-state index in [9.17, 15) is 0 Å². The van der Waals surface area contributed by atoms with Crippen molar-refractivity contribution in [2.24, 2.45) is 10.7 Å². The van der Waals surface area contributed by atoms with Gasteiger partial charge in [0.2, 0.25) is 0 Å². The van der Waals surface area contributed by atoms with Crippen molar-refractivity contribution in [1.29, 1.82) is 0 Å². The Hall–Kier alpha value is -0.670. The smallest absolute Gasteiger partial charge is 0.103 e. The Morgan fingerprint density at radius 1 is 0.960 bits per heavy atom. The van der Waals surface area contributed by atoms with Gasteiger partial charge in [-0.25, -0.2) is 0 Å². The van der Waals surface area contributed by atoms with E-state index in [1.807, 2.05) is 6.21 Å². The Balaban J connectivity index is 1.81. The van der Waals surface area contributed by atoms with Crippen LogP contribution in [0.1, 0.15) is 104 Å². The summed E-state index contributed by atoms with van der Waals surface area (Å²) in [4.78, 5) is 6.85. The highest BCUT2D eigenvalue weighted by Gasteiger charge is 2.22. The highest BCUT2D eigenvalue weighted by atomic mass is 15.3. The molecule has 0 radical (unpaired) electrons. The summed E-state index contributed by atoms with van der Waals surface area (Å²) >= 11 is 0. The third kappa shape index (κ3) is 11.5. The van der Waals surface area contributed by atoms with Gasteiger partial charge in [-0.05, 0) is 45.4 Å². The minimum absolute atomic E-state index is 0.124. The zero-order valence-electron chi connectivity index (χ0n) is 17.0. The second-order valence-corrected chi connectivity index (χ2v) is 7.62. The lowest BCUT2D eigenvalue weighted by molar-refractivity contribution is 0.182. The van der Waals surface area contributed by atoms with Gasteiger partial charge < -0.3 is 5.73 Å². The predicted molar refractivity (Wildman–Crippen MR) is 112 cm³/mol. The third-order valence-electron chi connectivity index (χ3n) is 5.20. The fourth-order valence-electron chi connectivity index (χ4n) is 3.55. The van der Waals surface area contributed by atoms with Gasteiger partial charge >= 0.3 is 0 Å². The van der Waals surface area contributed by atoms with Gasteiger partial charge in [0.05, 0.1) is 6.17 Å². The van der Waals surface area contributed by atoms with Crippen LogP contribution in [-0.2, 0) is 0 Å². The van der Waals surface area contributed by atoms with Crippen molar-refractivity contribution in [3.05, 3.63) is 12.2 Å². The molecular formula is C22H43N3. The highest BCUT2D eigenvalue weighted by molar-refractivity contribution is 5.62. The maximum absolute atomic E-state index is 5.99. The molecule has 0 fully saturated rings. The number of allylic oxidation sites excluding steroid dienone is 2. The second kappa shape index (κ2) is 15.6. The van der Waals surface area contributed by atoms with Gasteiger partial charge in [0, 0.05) is 12.8 Å². The van der Waals surface area contributed by atoms with Gasteiger partial charge in [0.25, 0.3) is 0 Å². The number of aliphatic imine (C=N–C) groups is 1. The Bertz CT molecular complexity index is 349. The van der Waals surface area contributed by atoms with E-state index in [2.05, 4.69) is 35.9 Å². The van der Waals surface area contributed by atoms with E-state index >= 15 is 0 Å². The molecule has 1 heterocycles. The molecule has 0 spiro atoms. The number of unbranched alkanes of at least 4 members (excludes halogenated alkanes) is 11. The molecule has 3 heteroatoms. The molecule has 0 aromatic carbocycles. The van der Waals surface area contributed by atoms with E-state index in [1.165, 1.54) is 89.9 Å². The molecule has 2 unspecified atom stereocenters. The van der Waals surface area contributed by atoms with Crippen LogP contribution in [0.3, 0.4) is 0 Å². The first-order valence-electron chi connectivity index (χ1n) is 10.9. The molecule has 25 heavy (non-hydrogen) atoms. The molecule has 1 rings (SSSR count). The van der Waals surface area contributed by atoms with E-state index in [-0.39, 0.29) is 6.17 Å². The lowest BCUT2D eigenvalue weighted by atomic mass is 10.1. The normalized spacial score (nSPS) is 19.2. The molecule has 0 saturated carbocycles. The third-order valence-corrected chi connectivity index (χ3v) is 5.20. The first-order chi connectivity index (χ1) is 12.3. The molecule has 0 amide bonds. The molecule has 146 valence electrons. The van der Waals surface area contributed by atoms with Crippen molar-refractivity contribution in [3.63, 3.8) is 0 Å². The summed E-state index contributed by atoms with van der Waals surface area (Å²) in [5.74, 6) is 0. The first-order valence-corrected chi connectivity index (χ1v) is 10.9. The summed E-state index contributed by atoms with van der Waals surface area (Å²) in [5.41, 5.74) is 5.99. The number of nitrogens with zero attached hydrogens (tertiary/aromatic N) is 2. The van der Waals surface area contributed by atoms with E-state index in [0.717, 1.165) is 6.54 Å². The lowest BCUT2D eigenvalue weighted by Crippen LogP contribution is -2.43. The van der Waals surface area contributed by atoms with Crippen molar-refractivity contribution in [3.8, 4) is 0 Å². The van der Waals surface area contributed by atoms with Crippen LogP contribution in [0.4, 0.5) is 0 Å². The van der Waals surface area contributed by atoms with E-state index in [1.54, 1.807) is 0 Å². The molecule has 0 aliphatic carbocycles. The van der Waals surface area contributed by atoms with Crippen LogP contribution < -0.4 is 5.73 Å². The van der Waals surface area contributed by atoms with E-state index in [0.29, 0.717) is 6.17 Å². The van der Waals surface area contributed by atoms with Crippen LogP contribution in [-0.4, -0.2) is 30.0 Å². The Morgan fingerprint density at radius 3 is 2.12 bits per heavy atom. The SMILES string of the molecule is CCCCC/C=C/CCCCCCCCCCC1N=CCN1C(C)N. The predicted octanol–water partition coefficient (Wildman–Crippen LogP) is 6.04. The maximum Gasteiger partial charge on any atom is 0.103 e. The van der Waals surface area contributed by atoms with Gasteiger partial charge in [-0.1, -0.05) is 70.4 Å². The summed E-state index contributed by atoms with van der Waals surface area (Å²) < 4.78 is 0. The van der Waals surface area contributed by atoms with Gasteiger partial charge in [-0.2, -0.15) is 0 Å². The molecule has 0 aromatic rings. The minimum atomic E-state index is 0.124. The summed E-state index contributed by atoms with van der Waals surface area (Å²) in [7, 11) is 0. The average molecular weight is 350 g/mol. The molecule has 1 aliphatic heterocycles. The summed E-state index contributed by atoms with van der Waals surface area (Å²) in [6.07, 6.45) is 26.1. The Morgan fingerprint density at radius 2 is 1.52 bits per heavy atom. The number of hydrogen-bond donors (Lipinski definition) is 1. The number of hydrogen-bond acceptors (Lipinski definition) is 3. The van der Waals surface area contributed by atoms with Crippen LogP contribution >= 0.6 is 0 Å². The van der Waals surface area contributed by atoms with Crippen LogP contribution in [0.5, 0.6) is 0 Å².